The van der Waals surface area contributed by atoms with Crippen LogP contribution in [-0.2, 0) is 0 Å². The summed E-state index contributed by atoms with van der Waals surface area (Å²) in [6.45, 7) is 16.6. The Kier molecular flexibility index (Phi) is 5.00. The van der Waals surface area contributed by atoms with Crippen LogP contribution in [0.25, 0.3) is 0 Å². The van der Waals surface area contributed by atoms with Crippen molar-refractivity contribution in [3.8, 4) is 0 Å². The maximum atomic E-state index is 4.35. The highest BCUT2D eigenvalue weighted by atomic mass is 14.2. The lowest BCUT2D eigenvalue weighted by atomic mass is 9.79. The first-order valence-corrected chi connectivity index (χ1v) is 7.77. The molecule has 106 valence electrons. The van der Waals surface area contributed by atoms with Crippen LogP contribution >= 0.6 is 0 Å². The fourth-order valence-corrected chi connectivity index (χ4v) is 3.36. The molecule has 0 bridgehead atoms. The highest BCUT2D eigenvalue weighted by Crippen LogP contribution is 2.38. The third kappa shape index (κ3) is 2.95. The van der Waals surface area contributed by atoms with E-state index in [1.165, 1.54) is 48.0 Å². The van der Waals surface area contributed by atoms with E-state index in [1.54, 1.807) is 0 Å². The molecule has 0 radical (unpaired) electrons. The monoisotopic (exact) mass is 266 g/mol. The molecule has 0 spiro atoms. The molecule has 0 saturated heterocycles. The molecule has 0 heteroatoms. The summed E-state index contributed by atoms with van der Waals surface area (Å²) >= 11 is 0. The molecule has 0 nitrogen and oxygen atoms in total. The molecule has 0 aliphatic heterocycles. The first-order chi connectivity index (χ1) is 9.69. The molecule has 0 aromatic rings. The summed E-state index contributed by atoms with van der Waals surface area (Å²) in [6, 6.07) is 0. The van der Waals surface area contributed by atoms with E-state index in [1.807, 2.05) is 12.2 Å². The average molecular weight is 266 g/mol. The van der Waals surface area contributed by atoms with Crippen molar-refractivity contribution < 1.29 is 0 Å². The van der Waals surface area contributed by atoms with Gasteiger partial charge >= 0.3 is 0 Å². The van der Waals surface area contributed by atoms with Gasteiger partial charge in [0.25, 0.3) is 0 Å². The summed E-state index contributed by atoms with van der Waals surface area (Å²) in [5.74, 6) is 0. The largest absolute Gasteiger partial charge is 0.0988 e. The second kappa shape index (κ2) is 6.74. The Hall–Kier alpha value is -1.56. The van der Waals surface area contributed by atoms with Crippen LogP contribution in [0.2, 0.25) is 0 Å². The van der Waals surface area contributed by atoms with Crippen LogP contribution in [0, 0.1) is 0 Å². The first kappa shape index (κ1) is 14.8. The maximum absolute atomic E-state index is 4.35. The normalized spacial score (nSPS) is 19.8. The van der Waals surface area contributed by atoms with E-state index in [0.29, 0.717) is 0 Å². The zero-order valence-electron chi connectivity index (χ0n) is 12.6. The van der Waals surface area contributed by atoms with E-state index in [2.05, 4.69) is 26.3 Å². The van der Waals surface area contributed by atoms with Crippen molar-refractivity contribution in [1.82, 2.24) is 0 Å². The van der Waals surface area contributed by atoms with Crippen molar-refractivity contribution in [2.24, 2.45) is 0 Å². The topological polar surface area (TPSA) is 0 Å². The number of hydrogen-bond donors (Lipinski definition) is 0. The molecule has 2 aliphatic carbocycles. The molecule has 20 heavy (non-hydrogen) atoms. The van der Waals surface area contributed by atoms with Gasteiger partial charge in [-0.25, -0.2) is 0 Å². The zero-order valence-corrected chi connectivity index (χ0v) is 12.6. The quantitative estimate of drug-likeness (QED) is 0.519. The molecule has 2 rings (SSSR count). The first-order valence-electron chi connectivity index (χ1n) is 7.77. The number of rotatable bonds is 5. The molecular weight excluding hydrogens is 240 g/mol. The molecule has 0 saturated carbocycles. The average Bonchev–Trinajstić information content (AvgIpc) is 2.53. The van der Waals surface area contributed by atoms with Gasteiger partial charge in [0.05, 0.1) is 0 Å². The van der Waals surface area contributed by atoms with Gasteiger partial charge in [0.1, 0.15) is 0 Å². The third-order valence-electron chi connectivity index (χ3n) is 4.61. The lowest BCUT2D eigenvalue weighted by molar-refractivity contribution is 0.679. The summed E-state index contributed by atoms with van der Waals surface area (Å²) in [5, 5.41) is 0. The fraction of sp³-hybridized carbons (Fsp3) is 0.400. The van der Waals surface area contributed by atoms with Gasteiger partial charge in [0.15, 0.2) is 0 Å². The van der Waals surface area contributed by atoms with Crippen LogP contribution in [0.1, 0.15) is 51.4 Å². The zero-order chi connectivity index (χ0) is 14.5. The lowest BCUT2D eigenvalue weighted by Crippen LogP contribution is -2.06. The molecular formula is C20H26. The summed E-state index contributed by atoms with van der Waals surface area (Å²) in [6.07, 6.45) is 13.6. The van der Waals surface area contributed by atoms with E-state index >= 15 is 0 Å². The Bertz CT molecular complexity index is 460. The van der Waals surface area contributed by atoms with Gasteiger partial charge in [0.2, 0.25) is 0 Å². The molecule has 0 amide bonds. The fourth-order valence-electron chi connectivity index (χ4n) is 3.36. The van der Waals surface area contributed by atoms with Gasteiger partial charge in [-0.05, 0) is 84.8 Å². The van der Waals surface area contributed by atoms with Crippen LogP contribution in [0.5, 0.6) is 0 Å². The predicted octanol–water partition coefficient (Wildman–Crippen LogP) is 6.21. The number of hydrogen-bond acceptors (Lipinski definition) is 0. The third-order valence-corrected chi connectivity index (χ3v) is 4.61. The highest BCUT2D eigenvalue weighted by Gasteiger charge is 2.19. The van der Waals surface area contributed by atoms with Gasteiger partial charge in [0, 0.05) is 0 Å². The summed E-state index contributed by atoms with van der Waals surface area (Å²) in [4.78, 5) is 0. The molecule has 0 fully saturated rings. The minimum atomic E-state index is 1.12. The van der Waals surface area contributed by atoms with Crippen molar-refractivity contribution in [3.63, 3.8) is 0 Å². The van der Waals surface area contributed by atoms with Gasteiger partial charge in [-0.3, -0.25) is 0 Å². The Morgan fingerprint density at radius 3 is 1.35 bits per heavy atom. The van der Waals surface area contributed by atoms with Crippen molar-refractivity contribution in [3.05, 3.63) is 71.9 Å². The van der Waals surface area contributed by atoms with Crippen LogP contribution in [-0.4, -0.2) is 0 Å². The van der Waals surface area contributed by atoms with Gasteiger partial charge in [-0.2, -0.15) is 0 Å². The van der Waals surface area contributed by atoms with Crippen LogP contribution in [0.3, 0.4) is 0 Å². The minimum absolute atomic E-state index is 1.12. The van der Waals surface area contributed by atoms with Crippen molar-refractivity contribution in [2.75, 3.05) is 0 Å². The number of allylic oxidation sites excluding steroid dienone is 8. The standard InChI is InChI=1S/C20H26/c1-5-17-11-7-9-13-19(17)15(3)16(4)20-14-10-8-12-18(20)6-2/h5-6H,1-4,7-14H2. The Labute approximate surface area is 124 Å². The maximum Gasteiger partial charge on any atom is -0.0224 e. The van der Waals surface area contributed by atoms with E-state index in [9.17, 15) is 0 Å². The summed E-state index contributed by atoms with van der Waals surface area (Å²) in [7, 11) is 0. The van der Waals surface area contributed by atoms with Crippen molar-refractivity contribution in [1.29, 1.82) is 0 Å². The Balaban J connectivity index is 2.31. The lowest BCUT2D eigenvalue weighted by Gasteiger charge is -2.25. The summed E-state index contributed by atoms with van der Waals surface area (Å²) in [5.41, 5.74) is 7.79. The van der Waals surface area contributed by atoms with E-state index in [-0.39, 0.29) is 0 Å². The van der Waals surface area contributed by atoms with E-state index in [0.717, 1.165) is 36.8 Å². The predicted molar refractivity (Wildman–Crippen MR) is 89.7 cm³/mol. The molecule has 2 aliphatic rings. The van der Waals surface area contributed by atoms with Crippen LogP contribution in [0.4, 0.5) is 0 Å². The van der Waals surface area contributed by atoms with Crippen LogP contribution in [0.15, 0.2) is 71.9 Å². The van der Waals surface area contributed by atoms with Gasteiger partial charge in [-0.15, -0.1) is 0 Å². The second-order valence-corrected chi connectivity index (χ2v) is 5.79. The van der Waals surface area contributed by atoms with Crippen LogP contribution < -0.4 is 0 Å². The molecule has 0 N–H and O–H groups in total. The Morgan fingerprint density at radius 2 is 1.00 bits per heavy atom. The minimum Gasteiger partial charge on any atom is -0.0988 e. The SMILES string of the molecule is C=CC1=C(C(=C)C(=C)C2=C(C=C)CCCC2)CCCC1. The smallest absolute Gasteiger partial charge is 0.0224 e. The summed E-state index contributed by atoms with van der Waals surface area (Å²) < 4.78 is 0. The van der Waals surface area contributed by atoms with Gasteiger partial charge in [-0.1, -0.05) is 38.5 Å². The van der Waals surface area contributed by atoms with Gasteiger partial charge < -0.3 is 0 Å². The highest BCUT2D eigenvalue weighted by molar-refractivity contribution is 5.58. The molecule has 0 aromatic heterocycles. The Morgan fingerprint density at radius 1 is 0.650 bits per heavy atom. The molecule has 0 unspecified atom stereocenters. The second-order valence-electron chi connectivity index (χ2n) is 5.79. The van der Waals surface area contributed by atoms with Crippen molar-refractivity contribution in [2.45, 2.75) is 51.4 Å². The van der Waals surface area contributed by atoms with E-state index in [4.69, 9.17) is 0 Å². The van der Waals surface area contributed by atoms with Crippen molar-refractivity contribution >= 4 is 0 Å². The molecule has 0 heterocycles. The molecule has 0 atom stereocenters. The molecule has 0 aromatic carbocycles. The van der Waals surface area contributed by atoms with E-state index < -0.39 is 0 Å².